The van der Waals surface area contributed by atoms with Crippen molar-refractivity contribution in [2.75, 3.05) is 0 Å². The fourth-order valence-corrected chi connectivity index (χ4v) is 2.13. The van der Waals surface area contributed by atoms with Crippen molar-refractivity contribution in [2.45, 2.75) is 33.0 Å². The molecule has 0 saturated heterocycles. The molecule has 1 atom stereocenters. The maximum absolute atomic E-state index is 13.1. The highest BCUT2D eigenvalue weighted by molar-refractivity contribution is 5.82. The van der Waals surface area contributed by atoms with E-state index in [9.17, 15) is 22.4 Å². The Kier molecular flexibility index (Phi) is 3.52. The van der Waals surface area contributed by atoms with E-state index in [0.29, 0.717) is 0 Å². The lowest BCUT2D eigenvalue weighted by Gasteiger charge is -2.11. The molecule has 0 radical (unpaired) electrons. The highest BCUT2D eigenvalue weighted by Gasteiger charge is 2.50. The summed E-state index contributed by atoms with van der Waals surface area (Å²) in [5.41, 5.74) is -1.12. The van der Waals surface area contributed by atoms with E-state index in [1.54, 1.807) is 0 Å². The minimum absolute atomic E-state index is 0.0330. The van der Waals surface area contributed by atoms with Gasteiger partial charge in [0.25, 0.3) is 0 Å². The molecular formula is C14H15F4NO. The van der Waals surface area contributed by atoms with Crippen LogP contribution in [0.5, 0.6) is 0 Å². The number of halogens is 4. The number of rotatable bonds is 3. The molecule has 0 spiro atoms. The molecule has 1 fully saturated rings. The predicted octanol–water partition coefficient (Wildman–Crippen LogP) is 3.51. The third kappa shape index (κ3) is 3.11. The van der Waals surface area contributed by atoms with Gasteiger partial charge in [-0.3, -0.25) is 4.79 Å². The lowest BCUT2D eigenvalue weighted by molar-refractivity contribution is -0.140. The van der Waals surface area contributed by atoms with Crippen LogP contribution in [0.1, 0.15) is 31.4 Å². The van der Waals surface area contributed by atoms with Crippen molar-refractivity contribution in [3.05, 3.63) is 35.1 Å². The van der Waals surface area contributed by atoms with Crippen LogP contribution in [0.4, 0.5) is 17.6 Å². The van der Waals surface area contributed by atoms with Crippen LogP contribution in [0.15, 0.2) is 18.2 Å². The summed E-state index contributed by atoms with van der Waals surface area (Å²) in [6, 6.07) is 2.74. The topological polar surface area (TPSA) is 29.1 Å². The number of nitrogens with one attached hydrogen (secondary N) is 1. The molecule has 6 heteroatoms. The normalized spacial score (nSPS) is 20.6. The van der Waals surface area contributed by atoms with E-state index in [0.717, 1.165) is 18.6 Å². The molecule has 1 aromatic rings. The van der Waals surface area contributed by atoms with Gasteiger partial charge in [-0.2, -0.15) is 13.2 Å². The van der Waals surface area contributed by atoms with E-state index < -0.39 is 17.6 Å². The molecule has 110 valence electrons. The zero-order chi connectivity index (χ0) is 15.1. The Morgan fingerprint density at radius 2 is 2.00 bits per heavy atom. The van der Waals surface area contributed by atoms with Gasteiger partial charge in [-0.15, -0.1) is 0 Å². The number of carbonyl (C=O) groups excluding carboxylic acids is 1. The largest absolute Gasteiger partial charge is 0.419 e. The third-order valence-corrected chi connectivity index (χ3v) is 3.63. The minimum atomic E-state index is -4.73. The van der Waals surface area contributed by atoms with Crippen LogP contribution in [0, 0.1) is 17.2 Å². The first-order valence-corrected chi connectivity index (χ1v) is 6.24. The highest BCUT2D eigenvalue weighted by atomic mass is 19.4. The highest BCUT2D eigenvalue weighted by Crippen LogP contribution is 2.51. The summed E-state index contributed by atoms with van der Waals surface area (Å²) in [4.78, 5) is 11.7. The second-order valence-corrected chi connectivity index (χ2v) is 5.78. The van der Waals surface area contributed by atoms with Crippen LogP contribution >= 0.6 is 0 Å². The van der Waals surface area contributed by atoms with Gasteiger partial charge in [-0.05, 0) is 29.5 Å². The van der Waals surface area contributed by atoms with Gasteiger partial charge < -0.3 is 5.32 Å². The van der Waals surface area contributed by atoms with Crippen LogP contribution in [-0.2, 0) is 17.5 Å². The number of benzene rings is 1. The van der Waals surface area contributed by atoms with Crippen LogP contribution in [0.2, 0.25) is 0 Å². The Balaban J connectivity index is 2.02. The SMILES string of the molecule is CC1(C)C[C@H]1C(=O)NCc1ccc(F)c(C(F)(F)F)c1. The Labute approximate surface area is 114 Å². The number of alkyl halides is 3. The molecule has 2 nitrogen and oxygen atoms in total. The third-order valence-electron chi connectivity index (χ3n) is 3.63. The van der Waals surface area contributed by atoms with Crippen molar-refractivity contribution in [3.8, 4) is 0 Å². The van der Waals surface area contributed by atoms with Gasteiger partial charge in [0.15, 0.2) is 0 Å². The average Bonchev–Trinajstić information content (AvgIpc) is 2.95. The van der Waals surface area contributed by atoms with Gasteiger partial charge in [-0.25, -0.2) is 4.39 Å². The molecule has 1 N–H and O–H groups in total. The van der Waals surface area contributed by atoms with E-state index in [2.05, 4.69) is 5.32 Å². The smallest absolute Gasteiger partial charge is 0.352 e. The summed E-state index contributed by atoms with van der Waals surface area (Å²) >= 11 is 0. The van der Waals surface area contributed by atoms with E-state index in [1.165, 1.54) is 6.07 Å². The second-order valence-electron chi connectivity index (χ2n) is 5.78. The molecule has 1 aliphatic rings. The summed E-state index contributed by atoms with van der Waals surface area (Å²) in [5, 5.41) is 2.59. The van der Waals surface area contributed by atoms with Crippen molar-refractivity contribution in [1.29, 1.82) is 0 Å². The van der Waals surface area contributed by atoms with Gasteiger partial charge in [0, 0.05) is 12.5 Å². The molecule has 2 rings (SSSR count). The summed E-state index contributed by atoms with van der Waals surface area (Å²) in [5.74, 6) is -1.58. The van der Waals surface area contributed by atoms with Gasteiger partial charge in [0.2, 0.25) is 5.91 Å². The molecule has 1 aliphatic carbocycles. The van der Waals surface area contributed by atoms with Crippen molar-refractivity contribution < 1.29 is 22.4 Å². The maximum atomic E-state index is 13.1. The maximum Gasteiger partial charge on any atom is 0.419 e. The first-order valence-electron chi connectivity index (χ1n) is 6.24. The van der Waals surface area contributed by atoms with E-state index in [4.69, 9.17) is 0 Å². The Bertz CT molecular complexity index is 536. The predicted molar refractivity (Wildman–Crippen MR) is 65.1 cm³/mol. The molecule has 0 unspecified atom stereocenters. The van der Waals surface area contributed by atoms with E-state index in [-0.39, 0.29) is 29.3 Å². The minimum Gasteiger partial charge on any atom is -0.352 e. The van der Waals surface area contributed by atoms with Crippen LogP contribution < -0.4 is 5.32 Å². The zero-order valence-electron chi connectivity index (χ0n) is 11.1. The van der Waals surface area contributed by atoms with Crippen molar-refractivity contribution in [3.63, 3.8) is 0 Å². The van der Waals surface area contributed by atoms with Crippen LogP contribution in [-0.4, -0.2) is 5.91 Å². The number of hydrogen-bond acceptors (Lipinski definition) is 1. The lowest BCUT2D eigenvalue weighted by Crippen LogP contribution is -2.26. The van der Waals surface area contributed by atoms with E-state index in [1.807, 2.05) is 13.8 Å². The van der Waals surface area contributed by atoms with E-state index >= 15 is 0 Å². The van der Waals surface area contributed by atoms with Crippen molar-refractivity contribution in [2.24, 2.45) is 11.3 Å². The van der Waals surface area contributed by atoms with Gasteiger partial charge in [0.05, 0.1) is 5.56 Å². The molecule has 1 amide bonds. The number of hydrogen-bond donors (Lipinski definition) is 1. The summed E-state index contributed by atoms with van der Waals surface area (Å²) in [7, 11) is 0. The first-order chi connectivity index (χ1) is 9.11. The Morgan fingerprint density at radius 3 is 2.50 bits per heavy atom. The molecule has 20 heavy (non-hydrogen) atoms. The average molecular weight is 289 g/mol. The summed E-state index contributed by atoms with van der Waals surface area (Å²) in [6.45, 7) is 3.88. The van der Waals surface area contributed by atoms with Crippen molar-refractivity contribution in [1.82, 2.24) is 5.32 Å². The fourth-order valence-electron chi connectivity index (χ4n) is 2.13. The monoisotopic (exact) mass is 289 g/mol. The second kappa shape index (κ2) is 4.75. The standard InChI is InChI=1S/C14H15F4NO/c1-13(2)6-10(13)12(20)19-7-8-3-4-11(15)9(5-8)14(16,17)18/h3-5,10H,6-7H2,1-2H3,(H,19,20)/t10-/m0/s1. The molecule has 0 aromatic heterocycles. The van der Waals surface area contributed by atoms with Gasteiger partial charge in [0.1, 0.15) is 5.82 Å². The summed E-state index contributed by atoms with van der Waals surface area (Å²) in [6.07, 6.45) is -3.96. The Hall–Kier alpha value is -1.59. The molecule has 1 saturated carbocycles. The molecule has 0 aliphatic heterocycles. The molecule has 1 aromatic carbocycles. The van der Waals surface area contributed by atoms with Crippen LogP contribution in [0.25, 0.3) is 0 Å². The first kappa shape index (κ1) is 14.8. The van der Waals surface area contributed by atoms with Gasteiger partial charge in [-0.1, -0.05) is 19.9 Å². The zero-order valence-corrected chi connectivity index (χ0v) is 11.1. The molecule has 0 bridgehead atoms. The number of carbonyl (C=O) groups is 1. The lowest BCUT2D eigenvalue weighted by atomic mass is 10.1. The van der Waals surface area contributed by atoms with Gasteiger partial charge >= 0.3 is 6.18 Å². The fraction of sp³-hybridized carbons (Fsp3) is 0.500. The molecular weight excluding hydrogens is 274 g/mol. The van der Waals surface area contributed by atoms with Crippen molar-refractivity contribution >= 4 is 5.91 Å². The van der Waals surface area contributed by atoms with Crippen LogP contribution in [0.3, 0.4) is 0 Å². The Morgan fingerprint density at radius 1 is 1.40 bits per heavy atom. The quantitative estimate of drug-likeness (QED) is 0.848. The number of amides is 1. The molecule has 0 heterocycles. The summed E-state index contributed by atoms with van der Waals surface area (Å²) < 4.78 is 50.7.